The molecule has 100 valence electrons. The zero-order chi connectivity index (χ0) is 12.8. The van der Waals surface area contributed by atoms with Crippen molar-refractivity contribution in [3.63, 3.8) is 0 Å². The van der Waals surface area contributed by atoms with Crippen LogP contribution in [0, 0.1) is 5.92 Å². The molecular formula is C13H25NO3. The summed E-state index contributed by atoms with van der Waals surface area (Å²) in [6, 6.07) is 0.421. The molecule has 1 aliphatic rings. The SMILES string of the molecule is COCC(C)N(C)C1CCCCCC1C(=O)O. The Morgan fingerprint density at radius 3 is 2.65 bits per heavy atom. The Hall–Kier alpha value is -0.610. The number of hydrogen-bond acceptors (Lipinski definition) is 3. The molecular weight excluding hydrogens is 218 g/mol. The smallest absolute Gasteiger partial charge is 0.308 e. The van der Waals surface area contributed by atoms with Gasteiger partial charge in [0.05, 0.1) is 12.5 Å². The van der Waals surface area contributed by atoms with Crippen LogP contribution in [0.15, 0.2) is 0 Å². The lowest BCUT2D eigenvalue weighted by Crippen LogP contribution is -2.46. The Bertz CT molecular complexity index is 245. The number of nitrogens with zero attached hydrogens (tertiary/aromatic N) is 1. The summed E-state index contributed by atoms with van der Waals surface area (Å²) in [6.07, 6.45) is 5.14. The Morgan fingerprint density at radius 1 is 1.41 bits per heavy atom. The second kappa shape index (κ2) is 6.97. The Labute approximate surface area is 104 Å². The minimum atomic E-state index is -0.645. The highest BCUT2D eigenvalue weighted by Crippen LogP contribution is 2.28. The fourth-order valence-electron chi connectivity index (χ4n) is 2.75. The van der Waals surface area contributed by atoms with Crippen molar-refractivity contribution < 1.29 is 14.6 Å². The van der Waals surface area contributed by atoms with Crippen molar-refractivity contribution in [2.45, 2.75) is 51.1 Å². The molecule has 0 saturated heterocycles. The summed E-state index contributed by atoms with van der Waals surface area (Å²) in [5, 5.41) is 9.34. The van der Waals surface area contributed by atoms with E-state index in [1.807, 2.05) is 7.05 Å². The van der Waals surface area contributed by atoms with Crippen LogP contribution >= 0.6 is 0 Å². The van der Waals surface area contributed by atoms with Crippen molar-refractivity contribution in [1.29, 1.82) is 0 Å². The number of aliphatic carboxylic acids is 1. The second-order valence-electron chi connectivity index (χ2n) is 5.12. The van der Waals surface area contributed by atoms with Gasteiger partial charge in [-0.25, -0.2) is 0 Å². The van der Waals surface area contributed by atoms with E-state index in [9.17, 15) is 9.90 Å². The number of ether oxygens (including phenoxy) is 1. The van der Waals surface area contributed by atoms with Crippen LogP contribution in [-0.4, -0.2) is 48.8 Å². The topological polar surface area (TPSA) is 49.8 Å². The lowest BCUT2D eigenvalue weighted by Gasteiger charge is -2.35. The van der Waals surface area contributed by atoms with Crippen LogP contribution in [0.3, 0.4) is 0 Å². The van der Waals surface area contributed by atoms with Crippen LogP contribution in [0.2, 0.25) is 0 Å². The number of methoxy groups -OCH3 is 1. The number of hydrogen-bond donors (Lipinski definition) is 1. The maximum absolute atomic E-state index is 11.3. The molecule has 0 bridgehead atoms. The van der Waals surface area contributed by atoms with E-state index >= 15 is 0 Å². The fraction of sp³-hybridized carbons (Fsp3) is 0.923. The molecule has 0 spiro atoms. The number of carbonyl (C=O) groups is 1. The molecule has 0 amide bonds. The molecule has 3 unspecified atom stereocenters. The van der Waals surface area contributed by atoms with Crippen molar-refractivity contribution in [3.8, 4) is 0 Å². The van der Waals surface area contributed by atoms with E-state index in [0.717, 1.165) is 32.1 Å². The molecule has 3 atom stereocenters. The molecule has 0 aromatic carbocycles. The highest BCUT2D eigenvalue weighted by molar-refractivity contribution is 5.70. The molecule has 17 heavy (non-hydrogen) atoms. The summed E-state index contributed by atoms with van der Waals surface area (Å²) in [5.74, 6) is -0.866. The van der Waals surface area contributed by atoms with E-state index in [-0.39, 0.29) is 18.0 Å². The van der Waals surface area contributed by atoms with E-state index in [0.29, 0.717) is 6.61 Å². The van der Waals surface area contributed by atoms with Gasteiger partial charge in [0.25, 0.3) is 0 Å². The van der Waals surface area contributed by atoms with E-state index < -0.39 is 5.97 Å². The predicted molar refractivity (Wildman–Crippen MR) is 67.1 cm³/mol. The normalized spacial score (nSPS) is 27.8. The van der Waals surface area contributed by atoms with Gasteiger partial charge in [0.2, 0.25) is 0 Å². The first kappa shape index (κ1) is 14.5. The zero-order valence-corrected chi connectivity index (χ0v) is 11.2. The Balaban J connectivity index is 2.70. The minimum Gasteiger partial charge on any atom is -0.481 e. The van der Waals surface area contributed by atoms with Gasteiger partial charge in [-0.2, -0.15) is 0 Å². The standard InChI is InChI=1S/C13H25NO3/c1-10(9-17-3)14(2)12-8-6-4-5-7-11(12)13(15)16/h10-12H,4-9H2,1-3H3,(H,15,16). The molecule has 1 aliphatic carbocycles. The average molecular weight is 243 g/mol. The molecule has 0 radical (unpaired) electrons. The third-order valence-corrected chi connectivity index (χ3v) is 3.92. The van der Waals surface area contributed by atoms with Gasteiger partial charge in [-0.1, -0.05) is 19.3 Å². The quantitative estimate of drug-likeness (QED) is 0.750. The van der Waals surface area contributed by atoms with Gasteiger partial charge in [0.1, 0.15) is 0 Å². The molecule has 1 N–H and O–H groups in total. The van der Waals surface area contributed by atoms with Crippen molar-refractivity contribution >= 4 is 5.97 Å². The summed E-state index contributed by atoms with van der Waals surface area (Å²) in [4.78, 5) is 13.5. The van der Waals surface area contributed by atoms with Crippen molar-refractivity contribution in [2.24, 2.45) is 5.92 Å². The molecule has 1 rings (SSSR count). The van der Waals surface area contributed by atoms with Crippen LogP contribution < -0.4 is 0 Å². The molecule has 0 aromatic rings. The summed E-state index contributed by atoms with van der Waals surface area (Å²) in [6.45, 7) is 2.74. The number of carboxylic acids is 1. The van der Waals surface area contributed by atoms with Gasteiger partial charge in [-0.15, -0.1) is 0 Å². The lowest BCUT2D eigenvalue weighted by atomic mass is 9.93. The van der Waals surface area contributed by atoms with Crippen molar-refractivity contribution in [1.82, 2.24) is 4.90 Å². The monoisotopic (exact) mass is 243 g/mol. The fourth-order valence-corrected chi connectivity index (χ4v) is 2.75. The van der Waals surface area contributed by atoms with Crippen molar-refractivity contribution in [2.75, 3.05) is 20.8 Å². The number of rotatable bonds is 5. The van der Waals surface area contributed by atoms with Crippen LogP contribution in [-0.2, 0) is 9.53 Å². The highest BCUT2D eigenvalue weighted by atomic mass is 16.5. The zero-order valence-electron chi connectivity index (χ0n) is 11.2. The molecule has 1 saturated carbocycles. The van der Waals surface area contributed by atoms with Crippen LogP contribution in [0.4, 0.5) is 0 Å². The first-order valence-corrected chi connectivity index (χ1v) is 6.51. The van der Waals surface area contributed by atoms with Gasteiger partial charge >= 0.3 is 5.97 Å². The Kier molecular flexibility index (Phi) is 5.92. The predicted octanol–water partition coefficient (Wildman–Crippen LogP) is 1.99. The third kappa shape index (κ3) is 3.96. The molecule has 0 aromatic heterocycles. The Morgan fingerprint density at radius 2 is 2.06 bits per heavy atom. The van der Waals surface area contributed by atoms with Crippen LogP contribution in [0.1, 0.15) is 39.0 Å². The van der Waals surface area contributed by atoms with E-state index in [1.165, 1.54) is 0 Å². The second-order valence-corrected chi connectivity index (χ2v) is 5.12. The highest BCUT2D eigenvalue weighted by Gasteiger charge is 2.33. The summed E-state index contributed by atoms with van der Waals surface area (Å²) >= 11 is 0. The first-order valence-electron chi connectivity index (χ1n) is 6.51. The number of carboxylic acid groups (broad SMARTS) is 1. The molecule has 1 fully saturated rings. The van der Waals surface area contributed by atoms with Gasteiger partial charge in [-0.3, -0.25) is 9.69 Å². The summed E-state index contributed by atoms with van der Waals surface area (Å²) in [7, 11) is 3.71. The molecule has 0 aliphatic heterocycles. The van der Waals surface area contributed by atoms with Gasteiger partial charge < -0.3 is 9.84 Å². The van der Waals surface area contributed by atoms with Gasteiger partial charge in [-0.05, 0) is 26.8 Å². The lowest BCUT2D eigenvalue weighted by molar-refractivity contribution is -0.144. The van der Waals surface area contributed by atoms with Crippen molar-refractivity contribution in [3.05, 3.63) is 0 Å². The first-order chi connectivity index (χ1) is 8.07. The minimum absolute atomic E-state index is 0.153. The van der Waals surface area contributed by atoms with Gasteiger partial charge in [0.15, 0.2) is 0 Å². The summed E-state index contributed by atoms with van der Waals surface area (Å²) < 4.78 is 5.15. The van der Waals surface area contributed by atoms with Crippen LogP contribution in [0.5, 0.6) is 0 Å². The average Bonchev–Trinajstić information content (AvgIpc) is 2.53. The van der Waals surface area contributed by atoms with E-state index in [1.54, 1.807) is 7.11 Å². The maximum atomic E-state index is 11.3. The van der Waals surface area contributed by atoms with Gasteiger partial charge in [0, 0.05) is 19.2 Å². The molecule has 4 nitrogen and oxygen atoms in total. The molecule has 0 heterocycles. The van der Waals surface area contributed by atoms with E-state index in [2.05, 4.69) is 11.8 Å². The summed E-state index contributed by atoms with van der Waals surface area (Å²) in [5.41, 5.74) is 0. The van der Waals surface area contributed by atoms with E-state index in [4.69, 9.17) is 4.74 Å². The number of likely N-dealkylation sites (N-methyl/N-ethyl adjacent to an activating group) is 1. The third-order valence-electron chi connectivity index (χ3n) is 3.92. The van der Waals surface area contributed by atoms with Crippen LogP contribution in [0.25, 0.3) is 0 Å². The maximum Gasteiger partial charge on any atom is 0.308 e. The largest absolute Gasteiger partial charge is 0.481 e. The molecule has 4 heteroatoms.